The lowest BCUT2D eigenvalue weighted by Crippen LogP contribution is -2.39. The van der Waals surface area contributed by atoms with Gasteiger partial charge in [-0.2, -0.15) is 0 Å². The number of rotatable bonds is 2. The van der Waals surface area contributed by atoms with Crippen LogP contribution in [0.1, 0.15) is 6.92 Å². The lowest BCUT2D eigenvalue weighted by Gasteiger charge is -2.29. The second-order valence-electron chi connectivity index (χ2n) is 3.39. The lowest BCUT2D eigenvalue weighted by molar-refractivity contribution is 0.271. The predicted molar refractivity (Wildman–Crippen MR) is 51.2 cm³/mol. The maximum Gasteiger partial charge on any atom is 0.0458 e. The quantitative estimate of drug-likeness (QED) is 0.580. The average Bonchev–Trinajstić information content (AvgIpc) is 2.03. The molecular formula is C9H17N3. The van der Waals surface area contributed by atoms with Crippen LogP contribution in [0.4, 0.5) is 0 Å². The van der Waals surface area contributed by atoms with Crippen LogP contribution in [0.15, 0.2) is 23.9 Å². The van der Waals surface area contributed by atoms with Gasteiger partial charge in [-0.25, -0.2) is 0 Å². The van der Waals surface area contributed by atoms with Crippen molar-refractivity contribution in [3.05, 3.63) is 23.9 Å². The first-order valence-electron chi connectivity index (χ1n) is 4.17. The highest BCUT2D eigenvalue weighted by Gasteiger charge is 2.17. The van der Waals surface area contributed by atoms with Crippen molar-refractivity contribution in [2.24, 2.45) is 17.4 Å². The Morgan fingerprint density at radius 3 is 3.00 bits per heavy atom. The molecule has 1 heterocycles. The van der Waals surface area contributed by atoms with Crippen LogP contribution < -0.4 is 11.5 Å². The molecule has 1 aliphatic heterocycles. The summed E-state index contributed by atoms with van der Waals surface area (Å²) in [5.41, 5.74) is 13.2. The van der Waals surface area contributed by atoms with Crippen LogP contribution in [0.3, 0.4) is 0 Å². The van der Waals surface area contributed by atoms with Gasteiger partial charge in [-0.15, -0.1) is 0 Å². The summed E-state index contributed by atoms with van der Waals surface area (Å²) in [4.78, 5) is 2.16. The van der Waals surface area contributed by atoms with E-state index in [0.717, 1.165) is 18.8 Å². The van der Waals surface area contributed by atoms with Crippen molar-refractivity contribution >= 4 is 0 Å². The van der Waals surface area contributed by atoms with Crippen LogP contribution >= 0.6 is 0 Å². The third-order valence-corrected chi connectivity index (χ3v) is 2.15. The Bertz CT molecular complexity index is 208. The van der Waals surface area contributed by atoms with Gasteiger partial charge in [0.05, 0.1) is 0 Å². The SMILES string of the molecule is C=C(N)C1C=C(C)CN(CN)C1. The summed E-state index contributed by atoms with van der Waals surface area (Å²) in [6, 6.07) is 0. The molecule has 0 saturated heterocycles. The number of nitrogens with two attached hydrogens (primary N) is 2. The van der Waals surface area contributed by atoms with Crippen molar-refractivity contribution < 1.29 is 0 Å². The minimum atomic E-state index is 0.280. The van der Waals surface area contributed by atoms with E-state index in [1.54, 1.807) is 0 Å². The molecule has 1 rings (SSSR count). The van der Waals surface area contributed by atoms with Gasteiger partial charge in [0.2, 0.25) is 0 Å². The van der Waals surface area contributed by atoms with Crippen LogP contribution in [0.5, 0.6) is 0 Å². The molecule has 1 aliphatic rings. The molecule has 1 unspecified atom stereocenters. The van der Waals surface area contributed by atoms with Gasteiger partial charge >= 0.3 is 0 Å². The van der Waals surface area contributed by atoms with E-state index < -0.39 is 0 Å². The molecule has 0 spiro atoms. The molecule has 0 radical (unpaired) electrons. The Balaban J connectivity index is 2.67. The Kier molecular flexibility index (Phi) is 2.89. The third-order valence-electron chi connectivity index (χ3n) is 2.15. The fourth-order valence-electron chi connectivity index (χ4n) is 1.51. The monoisotopic (exact) mass is 167 g/mol. The molecule has 0 aromatic rings. The molecule has 12 heavy (non-hydrogen) atoms. The maximum atomic E-state index is 5.64. The lowest BCUT2D eigenvalue weighted by atomic mass is 9.99. The summed E-state index contributed by atoms with van der Waals surface area (Å²) in [7, 11) is 0. The average molecular weight is 167 g/mol. The van der Waals surface area contributed by atoms with E-state index in [4.69, 9.17) is 11.5 Å². The first-order chi connectivity index (χ1) is 5.63. The van der Waals surface area contributed by atoms with E-state index in [1.807, 2.05) is 0 Å². The summed E-state index contributed by atoms with van der Waals surface area (Å²) in [6.07, 6.45) is 2.18. The molecule has 4 N–H and O–H groups in total. The summed E-state index contributed by atoms with van der Waals surface area (Å²) < 4.78 is 0. The molecule has 0 aromatic carbocycles. The zero-order chi connectivity index (χ0) is 9.14. The van der Waals surface area contributed by atoms with Crippen molar-refractivity contribution in [1.29, 1.82) is 0 Å². The second-order valence-corrected chi connectivity index (χ2v) is 3.39. The first kappa shape index (κ1) is 9.29. The third kappa shape index (κ3) is 2.09. The minimum absolute atomic E-state index is 0.280. The van der Waals surface area contributed by atoms with Crippen molar-refractivity contribution in [2.75, 3.05) is 19.8 Å². The van der Waals surface area contributed by atoms with E-state index in [-0.39, 0.29) is 5.92 Å². The van der Waals surface area contributed by atoms with Crippen LogP contribution in [0.25, 0.3) is 0 Å². The molecule has 0 fully saturated rings. The molecule has 0 aromatic heterocycles. The molecule has 68 valence electrons. The van der Waals surface area contributed by atoms with Gasteiger partial charge in [0.25, 0.3) is 0 Å². The second kappa shape index (κ2) is 3.74. The van der Waals surface area contributed by atoms with Crippen LogP contribution in [0.2, 0.25) is 0 Å². The minimum Gasteiger partial charge on any atom is -0.402 e. The van der Waals surface area contributed by atoms with E-state index in [9.17, 15) is 0 Å². The molecule has 3 nitrogen and oxygen atoms in total. The molecule has 1 atom stereocenters. The molecular weight excluding hydrogens is 150 g/mol. The topological polar surface area (TPSA) is 55.3 Å². The highest BCUT2D eigenvalue weighted by Crippen LogP contribution is 2.16. The van der Waals surface area contributed by atoms with Crippen molar-refractivity contribution in [3.8, 4) is 0 Å². The van der Waals surface area contributed by atoms with Gasteiger partial charge in [0, 0.05) is 31.4 Å². The Morgan fingerprint density at radius 1 is 1.83 bits per heavy atom. The molecule has 0 amide bonds. The Morgan fingerprint density at radius 2 is 2.50 bits per heavy atom. The fourth-order valence-corrected chi connectivity index (χ4v) is 1.51. The summed E-state index contributed by atoms with van der Waals surface area (Å²) in [5, 5.41) is 0. The highest BCUT2D eigenvalue weighted by molar-refractivity contribution is 5.16. The summed E-state index contributed by atoms with van der Waals surface area (Å²) in [6.45, 7) is 8.30. The summed E-state index contributed by atoms with van der Waals surface area (Å²) in [5.74, 6) is 0.280. The standard InChI is InChI=1S/C9H17N3/c1-7-3-9(8(2)11)5-12(4-7)6-10/h3,9H,2,4-6,10-11H2,1H3. The largest absolute Gasteiger partial charge is 0.402 e. The molecule has 0 aliphatic carbocycles. The first-order valence-corrected chi connectivity index (χ1v) is 4.17. The number of hydrogen-bond acceptors (Lipinski definition) is 3. The van der Waals surface area contributed by atoms with Crippen LogP contribution in [-0.4, -0.2) is 24.7 Å². The Hall–Kier alpha value is -0.800. The molecule has 3 heteroatoms. The van der Waals surface area contributed by atoms with Gasteiger partial charge < -0.3 is 11.5 Å². The van der Waals surface area contributed by atoms with E-state index >= 15 is 0 Å². The summed E-state index contributed by atoms with van der Waals surface area (Å²) >= 11 is 0. The van der Waals surface area contributed by atoms with Gasteiger partial charge in [-0.05, 0) is 6.92 Å². The number of hydrogen-bond donors (Lipinski definition) is 2. The van der Waals surface area contributed by atoms with E-state index in [0.29, 0.717) is 6.67 Å². The van der Waals surface area contributed by atoms with Crippen molar-refractivity contribution in [2.45, 2.75) is 6.92 Å². The zero-order valence-corrected chi connectivity index (χ0v) is 7.59. The van der Waals surface area contributed by atoms with Crippen molar-refractivity contribution in [1.82, 2.24) is 4.90 Å². The smallest absolute Gasteiger partial charge is 0.0458 e. The maximum absolute atomic E-state index is 5.64. The van der Waals surface area contributed by atoms with Gasteiger partial charge in [0.15, 0.2) is 0 Å². The number of nitrogens with zero attached hydrogens (tertiary/aromatic N) is 1. The van der Waals surface area contributed by atoms with Gasteiger partial charge in [-0.3, -0.25) is 4.90 Å². The van der Waals surface area contributed by atoms with Crippen LogP contribution in [0, 0.1) is 5.92 Å². The van der Waals surface area contributed by atoms with Crippen LogP contribution in [-0.2, 0) is 0 Å². The van der Waals surface area contributed by atoms with Gasteiger partial charge in [-0.1, -0.05) is 18.2 Å². The highest BCUT2D eigenvalue weighted by atomic mass is 15.2. The molecule has 0 bridgehead atoms. The van der Waals surface area contributed by atoms with Gasteiger partial charge in [0.1, 0.15) is 0 Å². The predicted octanol–water partition coefficient (Wildman–Crippen LogP) is 0.253. The van der Waals surface area contributed by atoms with Crippen molar-refractivity contribution in [3.63, 3.8) is 0 Å². The Labute approximate surface area is 73.7 Å². The normalized spacial score (nSPS) is 25.2. The van der Waals surface area contributed by atoms with E-state index in [1.165, 1.54) is 5.57 Å². The molecule has 0 saturated carbocycles. The van der Waals surface area contributed by atoms with E-state index in [2.05, 4.69) is 24.5 Å². The zero-order valence-electron chi connectivity index (χ0n) is 7.59. The fraction of sp³-hybridized carbons (Fsp3) is 0.556.